The summed E-state index contributed by atoms with van der Waals surface area (Å²) in [6, 6.07) is 9.34. The molecule has 2 aromatic rings. The zero-order valence-electron chi connectivity index (χ0n) is 12.2. The number of carbonyl (C=O) groups excluding carboxylic acids is 1. The molecule has 21 heavy (non-hydrogen) atoms. The van der Waals surface area contributed by atoms with Crippen molar-refractivity contribution in [3.8, 4) is 0 Å². The molecule has 1 aromatic heterocycles. The van der Waals surface area contributed by atoms with Gasteiger partial charge in [0, 0.05) is 18.5 Å². The fourth-order valence-corrected chi connectivity index (χ4v) is 3.13. The second kappa shape index (κ2) is 6.02. The molecule has 4 heteroatoms. The molecule has 1 amide bonds. The van der Waals surface area contributed by atoms with Crippen LogP contribution >= 0.6 is 11.6 Å². The highest BCUT2D eigenvalue weighted by molar-refractivity contribution is 6.35. The van der Waals surface area contributed by atoms with Crippen molar-refractivity contribution in [1.82, 2.24) is 9.88 Å². The minimum atomic E-state index is -0.00301. The molecule has 3 nitrogen and oxygen atoms in total. The normalized spacial score (nSPS) is 19.5. The van der Waals surface area contributed by atoms with Crippen molar-refractivity contribution in [1.29, 1.82) is 0 Å². The highest BCUT2D eigenvalue weighted by atomic mass is 35.5. The second-order valence-corrected chi connectivity index (χ2v) is 6.24. The lowest BCUT2D eigenvalue weighted by Gasteiger charge is -2.20. The Bertz CT molecular complexity index is 671. The quantitative estimate of drug-likeness (QED) is 0.793. The Balaban J connectivity index is 1.90. The third-order valence-electron chi connectivity index (χ3n) is 4.19. The van der Waals surface area contributed by atoms with Crippen LogP contribution in [0.5, 0.6) is 0 Å². The number of fused-ring (bicyclic) bond motifs is 1. The van der Waals surface area contributed by atoms with Gasteiger partial charge in [-0.1, -0.05) is 36.7 Å². The number of halogens is 1. The van der Waals surface area contributed by atoms with Gasteiger partial charge in [-0.3, -0.25) is 4.79 Å². The smallest absolute Gasteiger partial charge is 0.272 e. The number of rotatable bonds is 1. The van der Waals surface area contributed by atoms with Crippen LogP contribution in [-0.4, -0.2) is 28.9 Å². The highest BCUT2D eigenvalue weighted by Crippen LogP contribution is 2.24. The topological polar surface area (TPSA) is 33.2 Å². The number of pyridine rings is 1. The first-order valence-corrected chi connectivity index (χ1v) is 7.87. The summed E-state index contributed by atoms with van der Waals surface area (Å²) in [6.07, 6.45) is 3.32. The fourth-order valence-electron chi connectivity index (χ4n) is 2.87. The SMILES string of the molecule is CC1CCCN(C(=O)c2cc(Cl)c3ccccc3n2)CC1. The Morgan fingerprint density at radius 1 is 1.29 bits per heavy atom. The first kappa shape index (κ1) is 14.3. The van der Waals surface area contributed by atoms with Gasteiger partial charge in [-0.15, -0.1) is 0 Å². The third kappa shape index (κ3) is 3.03. The van der Waals surface area contributed by atoms with E-state index in [4.69, 9.17) is 11.6 Å². The van der Waals surface area contributed by atoms with Crippen LogP contribution in [0.3, 0.4) is 0 Å². The molecule has 1 fully saturated rings. The molecule has 3 rings (SSSR count). The Kier molecular flexibility index (Phi) is 4.11. The maximum atomic E-state index is 12.7. The van der Waals surface area contributed by atoms with Crippen molar-refractivity contribution in [2.45, 2.75) is 26.2 Å². The monoisotopic (exact) mass is 302 g/mol. The predicted molar refractivity (Wildman–Crippen MR) is 85.7 cm³/mol. The van der Waals surface area contributed by atoms with Gasteiger partial charge in [0.15, 0.2) is 0 Å². The van der Waals surface area contributed by atoms with Gasteiger partial charge in [0.05, 0.1) is 10.5 Å². The standard InChI is InChI=1S/C17H19ClN2O/c1-12-5-4-9-20(10-8-12)17(21)16-11-14(18)13-6-2-3-7-15(13)19-16/h2-3,6-7,11-12H,4-5,8-10H2,1H3. The number of amides is 1. The molecule has 0 bridgehead atoms. The van der Waals surface area contributed by atoms with Crippen molar-refractivity contribution in [2.24, 2.45) is 5.92 Å². The molecule has 110 valence electrons. The Hall–Kier alpha value is -1.61. The molecular formula is C17H19ClN2O. The third-order valence-corrected chi connectivity index (χ3v) is 4.50. The summed E-state index contributed by atoms with van der Waals surface area (Å²) in [6.45, 7) is 3.88. The summed E-state index contributed by atoms with van der Waals surface area (Å²) in [5.41, 5.74) is 1.23. The van der Waals surface area contributed by atoms with Gasteiger partial charge in [0.1, 0.15) is 5.69 Å². The predicted octanol–water partition coefficient (Wildman–Crippen LogP) is 4.15. The van der Waals surface area contributed by atoms with Crippen LogP contribution in [0.2, 0.25) is 5.02 Å². The first-order valence-electron chi connectivity index (χ1n) is 7.49. The lowest BCUT2D eigenvalue weighted by molar-refractivity contribution is 0.0755. The van der Waals surface area contributed by atoms with Crippen LogP contribution < -0.4 is 0 Å². The maximum Gasteiger partial charge on any atom is 0.272 e. The maximum absolute atomic E-state index is 12.7. The van der Waals surface area contributed by atoms with Gasteiger partial charge >= 0.3 is 0 Å². The average Bonchev–Trinajstić information content (AvgIpc) is 2.71. The molecule has 1 unspecified atom stereocenters. The van der Waals surface area contributed by atoms with E-state index in [2.05, 4.69) is 11.9 Å². The molecule has 1 saturated heterocycles. The summed E-state index contributed by atoms with van der Waals surface area (Å²) in [5, 5.41) is 1.48. The van der Waals surface area contributed by atoms with E-state index in [0.29, 0.717) is 16.6 Å². The van der Waals surface area contributed by atoms with Gasteiger partial charge in [-0.05, 0) is 37.3 Å². The molecule has 0 aliphatic carbocycles. The number of hydrogen-bond acceptors (Lipinski definition) is 2. The van der Waals surface area contributed by atoms with E-state index in [0.717, 1.165) is 36.8 Å². The number of hydrogen-bond donors (Lipinski definition) is 0. The van der Waals surface area contributed by atoms with E-state index in [9.17, 15) is 4.79 Å². The summed E-state index contributed by atoms with van der Waals surface area (Å²) in [4.78, 5) is 19.1. The summed E-state index contributed by atoms with van der Waals surface area (Å²) in [5.74, 6) is 0.688. The number of aromatic nitrogens is 1. The van der Waals surface area contributed by atoms with Crippen LogP contribution in [0, 0.1) is 5.92 Å². The van der Waals surface area contributed by atoms with Gasteiger partial charge in [-0.2, -0.15) is 0 Å². The van der Waals surface area contributed by atoms with Gasteiger partial charge in [0.2, 0.25) is 0 Å². The number of carbonyl (C=O) groups is 1. The molecule has 1 atom stereocenters. The molecule has 0 N–H and O–H groups in total. The van der Waals surface area contributed by atoms with Crippen LogP contribution in [0.15, 0.2) is 30.3 Å². The van der Waals surface area contributed by atoms with Crippen molar-refractivity contribution in [3.63, 3.8) is 0 Å². The molecule has 2 heterocycles. The van der Waals surface area contributed by atoms with Crippen LogP contribution in [0.25, 0.3) is 10.9 Å². The summed E-state index contributed by atoms with van der Waals surface area (Å²) < 4.78 is 0. The number of para-hydroxylation sites is 1. The van der Waals surface area contributed by atoms with E-state index in [1.165, 1.54) is 6.42 Å². The van der Waals surface area contributed by atoms with Crippen molar-refractivity contribution < 1.29 is 4.79 Å². The number of likely N-dealkylation sites (tertiary alicyclic amines) is 1. The molecule has 0 radical (unpaired) electrons. The van der Waals surface area contributed by atoms with Gasteiger partial charge in [0.25, 0.3) is 5.91 Å². The lowest BCUT2D eigenvalue weighted by Crippen LogP contribution is -2.32. The first-order chi connectivity index (χ1) is 10.1. The van der Waals surface area contributed by atoms with Crippen molar-refractivity contribution in [3.05, 3.63) is 41.0 Å². The van der Waals surface area contributed by atoms with Gasteiger partial charge in [-0.25, -0.2) is 4.98 Å². The largest absolute Gasteiger partial charge is 0.337 e. The van der Waals surface area contributed by atoms with E-state index in [1.54, 1.807) is 6.07 Å². The summed E-state index contributed by atoms with van der Waals surface area (Å²) in [7, 11) is 0. The fraction of sp³-hybridized carbons (Fsp3) is 0.412. The molecule has 0 saturated carbocycles. The highest BCUT2D eigenvalue weighted by Gasteiger charge is 2.21. The molecule has 1 aliphatic rings. The minimum absolute atomic E-state index is 0.00301. The summed E-state index contributed by atoms with van der Waals surface area (Å²) >= 11 is 6.29. The van der Waals surface area contributed by atoms with Gasteiger partial charge < -0.3 is 4.90 Å². The van der Waals surface area contributed by atoms with E-state index in [1.807, 2.05) is 29.2 Å². The van der Waals surface area contributed by atoms with E-state index in [-0.39, 0.29) is 5.91 Å². The zero-order valence-corrected chi connectivity index (χ0v) is 12.9. The number of nitrogens with zero attached hydrogens (tertiary/aromatic N) is 2. The zero-order chi connectivity index (χ0) is 14.8. The van der Waals surface area contributed by atoms with Crippen LogP contribution in [0.4, 0.5) is 0 Å². The minimum Gasteiger partial charge on any atom is -0.337 e. The van der Waals surface area contributed by atoms with Crippen molar-refractivity contribution >= 4 is 28.4 Å². The molecule has 0 spiro atoms. The molecule has 1 aromatic carbocycles. The average molecular weight is 303 g/mol. The molecular weight excluding hydrogens is 284 g/mol. The van der Waals surface area contributed by atoms with E-state index < -0.39 is 0 Å². The Morgan fingerprint density at radius 3 is 2.95 bits per heavy atom. The van der Waals surface area contributed by atoms with E-state index >= 15 is 0 Å². The lowest BCUT2D eigenvalue weighted by atomic mass is 10.0. The molecule has 1 aliphatic heterocycles. The Labute approximate surface area is 129 Å². The Morgan fingerprint density at radius 2 is 2.10 bits per heavy atom. The van der Waals surface area contributed by atoms with Crippen molar-refractivity contribution in [2.75, 3.05) is 13.1 Å². The van der Waals surface area contributed by atoms with Crippen LogP contribution in [0.1, 0.15) is 36.7 Å². The number of benzene rings is 1. The van der Waals surface area contributed by atoms with Crippen LogP contribution in [-0.2, 0) is 0 Å². The second-order valence-electron chi connectivity index (χ2n) is 5.83.